The highest BCUT2D eigenvalue weighted by atomic mass is 16.6. The van der Waals surface area contributed by atoms with Gasteiger partial charge in [0.1, 0.15) is 11.6 Å². The smallest absolute Gasteiger partial charge is 0.411 e. The van der Waals surface area contributed by atoms with Gasteiger partial charge >= 0.3 is 12.1 Å². The Kier molecular flexibility index (Phi) is 6.87. The van der Waals surface area contributed by atoms with E-state index in [-0.39, 0.29) is 5.92 Å². The predicted molar refractivity (Wildman–Crippen MR) is 74.1 cm³/mol. The lowest BCUT2D eigenvalue weighted by Crippen LogP contribution is -2.50. The molecule has 0 saturated heterocycles. The Morgan fingerprint density at radius 1 is 1.26 bits per heavy atom. The number of carboxylic acid groups (broad SMARTS) is 1. The van der Waals surface area contributed by atoms with Crippen molar-refractivity contribution in [1.82, 2.24) is 4.90 Å². The van der Waals surface area contributed by atoms with Crippen molar-refractivity contribution in [3.8, 4) is 0 Å². The van der Waals surface area contributed by atoms with Crippen LogP contribution in [0.25, 0.3) is 0 Å². The van der Waals surface area contributed by atoms with Gasteiger partial charge in [-0.3, -0.25) is 4.90 Å². The molecule has 0 aliphatic heterocycles. The lowest BCUT2D eigenvalue weighted by atomic mass is 9.95. The van der Waals surface area contributed by atoms with E-state index in [1.165, 1.54) is 4.90 Å². The molecule has 0 heterocycles. The van der Waals surface area contributed by atoms with Gasteiger partial charge in [-0.05, 0) is 40.0 Å². The lowest BCUT2D eigenvalue weighted by molar-refractivity contribution is -0.145. The molecule has 0 rings (SSSR count). The third-order valence-corrected chi connectivity index (χ3v) is 2.84. The number of carboxylic acids is 1. The standard InChI is InChI=1S/C14H27NO4/c1-7-9-10(3)11(12(16)17)15(8-2)13(18)19-14(4,5)6/h10-11H,7-9H2,1-6H3,(H,16,17). The van der Waals surface area contributed by atoms with Gasteiger partial charge in [0.25, 0.3) is 0 Å². The number of ether oxygens (including phenoxy) is 1. The van der Waals surface area contributed by atoms with Gasteiger partial charge in [-0.1, -0.05) is 20.3 Å². The molecular weight excluding hydrogens is 246 g/mol. The number of rotatable bonds is 6. The van der Waals surface area contributed by atoms with Gasteiger partial charge in [-0.25, -0.2) is 9.59 Å². The summed E-state index contributed by atoms with van der Waals surface area (Å²) in [7, 11) is 0. The highest BCUT2D eigenvalue weighted by Gasteiger charge is 2.35. The molecule has 1 amide bonds. The molecule has 19 heavy (non-hydrogen) atoms. The zero-order chi connectivity index (χ0) is 15.2. The summed E-state index contributed by atoms with van der Waals surface area (Å²) in [5.74, 6) is -1.08. The Hall–Kier alpha value is -1.26. The van der Waals surface area contributed by atoms with E-state index in [0.29, 0.717) is 6.54 Å². The second-order valence-corrected chi connectivity index (χ2v) is 5.82. The maximum Gasteiger partial charge on any atom is 0.411 e. The number of carbonyl (C=O) groups is 2. The number of hydrogen-bond donors (Lipinski definition) is 1. The van der Waals surface area contributed by atoms with Crippen LogP contribution in [0.4, 0.5) is 4.79 Å². The van der Waals surface area contributed by atoms with Crippen LogP contribution < -0.4 is 0 Å². The fourth-order valence-electron chi connectivity index (χ4n) is 2.06. The summed E-state index contributed by atoms with van der Waals surface area (Å²) in [4.78, 5) is 24.8. The predicted octanol–water partition coefficient (Wildman–Crippen LogP) is 3.13. The van der Waals surface area contributed by atoms with E-state index in [4.69, 9.17) is 4.74 Å². The maximum absolute atomic E-state index is 12.1. The lowest BCUT2D eigenvalue weighted by Gasteiger charge is -2.33. The SMILES string of the molecule is CCCC(C)C(C(=O)O)N(CC)C(=O)OC(C)(C)C. The van der Waals surface area contributed by atoms with Crippen LogP contribution in [-0.2, 0) is 9.53 Å². The Morgan fingerprint density at radius 2 is 1.79 bits per heavy atom. The zero-order valence-electron chi connectivity index (χ0n) is 12.9. The largest absolute Gasteiger partial charge is 0.480 e. The van der Waals surface area contributed by atoms with E-state index < -0.39 is 23.7 Å². The first-order valence-electron chi connectivity index (χ1n) is 6.86. The number of nitrogens with zero attached hydrogens (tertiary/aromatic N) is 1. The van der Waals surface area contributed by atoms with E-state index in [2.05, 4.69) is 0 Å². The molecule has 2 unspecified atom stereocenters. The molecule has 0 aromatic rings. The van der Waals surface area contributed by atoms with E-state index in [0.717, 1.165) is 12.8 Å². The van der Waals surface area contributed by atoms with E-state index in [9.17, 15) is 14.7 Å². The first-order chi connectivity index (χ1) is 8.64. The summed E-state index contributed by atoms with van der Waals surface area (Å²) in [6.07, 6.45) is 1.08. The van der Waals surface area contributed by atoms with Crippen molar-refractivity contribution in [2.75, 3.05) is 6.54 Å². The number of aliphatic carboxylic acids is 1. The molecule has 112 valence electrons. The van der Waals surface area contributed by atoms with Crippen molar-refractivity contribution in [3.63, 3.8) is 0 Å². The Morgan fingerprint density at radius 3 is 2.11 bits per heavy atom. The molecule has 0 radical (unpaired) electrons. The molecule has 0 spiro atoms. The number of likely N-dealkylation sites (N-methyl/N-ethyl adjacent to an activating group) is 1. The van der Waals surface area contributed by atoms with Crippen LogP contribution in [0, 0.1) is 5.92 Å². The maximum atomic E-state index is 12.1. The third kappa shape index (κ3) is 5.94. The number of hydrogen-bond acceptors (Lipinski definition) is 3. The molecule has 0 aromatic heterocycles. The van der Waals surface area contributed by atoms with Crippen LogP contribution in [-0.4, -0.2) is 40.3 Å². The van der Waals surface area contributed by atoms with Crippen LogP contribution in [0.5, 0.6) is 0 Å². The highest BCUT2D eigenvalue weighted by Crippen LogP contribution is 2.20. The summed E-state index contributed by atoms with van der Waals surface area (Å²) in [6, 6.07) is -0.834. The molecule has 0 aliphatic carbocycles. The third-order valence-electron chi connectivity index (χ3n) is 2.84. The second-order valence-electron chi connectivity index (χ2n) is 5.82. The average molecular weight is 273 g/mol. The average Bonchev–Trinajstić information content (AvgIpc) is 2.22. The van der Waals surface area contributed by atoms with Crippen molar-refractivity contribution in [1.29, 1.82) is 0 Å². The number of amides is 1. The summed E-state index contributed by atoms with van der Waals surface area (Å²) in [5.41, 5.74) is -0.623. The van der Waals surface area contributed by atoms with Crippen LogP contribution >= 0.6 is 0 Å². The normalized spacial score (nSPS) is 14.6. The minimum absolute atomic E-state index is 0.102. The van der Waals surface area contributed by atoms with Gasteiger partial charge in [0, 0.05) is 6.54 Å². The fourth-order valence-corrected chi connectivity index (χ4v) is 2.06. The second kappa shape index (κ2) is 7.36. The molecule has 0 aromatic carbocycles. The van der Waals surface area contributed by atoms with Crippen LogP contribution in [0.1, 0.15) is 54.4 Å². The van der Waals surface area contributed by atoms with Crippen LogP contribution in [0.15, 0.2) is 0 Å². The quantitative estimate of drug-likeness (QED) is 0.807. The van der Waals surface area contributed by atoms with Gasteiger partial charge in [-0.15, -0.1) is 0 Å². The van der Waals surface area contributed by atoms with Gasteiger partial charge in [-0.2, -0.15) is 0 Å². The summed E-state index contributed by atoms with van der Waals surface area (Å²) < 4.78 is 5.27. The van der Waals surface area contributed by atoms with Crippen molar-refractivity contribution < 1.29 is 19.4 Å². The minimum atomic E-state index is -0.978. The molecule has 5 heteroatoms. The zero-order valence-corrected chi connectivity index (χ0v) is 12.9. The summed E-state index contributed by atoms with van der Waals surface area (Å²) >= 11 is 0. The molecule has 0 saturated carbocycles. The highest BCUT2D eigenvalue weighted by molar-refractivity contribution is 5.80. The van der Waals surface area contributed by atoms with E-state index in [1.54, 1.807) is 27.7 Å². The minimum Gasteiger partial charge on any atom is -0.480 e. The van der Waals surface area contributed by atoms with E-state index >= 15 is 0 Å². The summed E-state index contributed by atoms with van der Waals surface area (Å²) in [5, 5.41) is 9.37. The van der Waals surface area contributed by atoms with Gasteiger partial charge in [0.15, 0.2) is 0 Å². The molecule has 1 N–H and O–H groups in total. The topological polar surface area (TPSA) is 66.8 Å². The molecule has 0 aliphatic rings. The van der Waals surface area contributed by atoms with Crippen molar-refractivity contribution in [2.24, 2.45) is 5.92 Å². The summed E-state index contributed by atoms with van der Waals surface area (Å²) in [6.45, 7) is 11.2. The molecular formula is C14H27NO4. The van der Waals surface area contributed by atoms with Crippen molar-refractivity contribution in [2.45, 2.75) is 66.0 Å². The van der Waals surface area contributed by atoms with E-state index in [1.807, 2.05) is 13.8 Å². The van der Waals surface area contributed by atoms with Crippen LogP contribution in [0.3, 0.4) is 0 Å². The van der Waals surface area contributed by atoms with Crippen LogP contribution in [0.2, 0.25) is 0 Å². The molecule has 0 fully saturated rings. The molecule has 5 nitrogen and oxygen atoms in total. The van der Waals surface area contributed by atoms with Crippen molar-refractivity contribution >= 4 is 12.1 Å². The molecule has 0 bridgehead atoms. The van der Waals surface area contributed by atoms with Gasteiger partial charge in [0.2, 0.25) is 0 Å². The Bertz CT molecular complexity index is 309. The monoisotopic (exact) mass is 273 g/mol. The molecule has 2 atom stereocenters. The van der Waals surface area contributed by atoms with Crippen molar-refractivity contribution in [3.05, 3.63) is 0 Å². The fraction of sp³-hybridized carbons (Fsp3) is 0.857. The van der Waals surface area contributed by atoms with Gasteiger partial charge in [0.05, 0.1) is 0 Å². The Labute approximate surface area is 115 Å². The Balaban J connectivity index is 5.04. The number of carbonyl (C=O) groups excluding carboxylic acids is 1. The first kappa shape index (κ1) is 17.7. The van der Waals surface area contributed by atoms with Gasteiger partial charge < -0.3 is 9.84 Å². The first-order valence-corrected chi connectivity index (χ1v) is 6.86.